The molecule has 7 nitrogen and oxygen atoms in total. The van der Waals surface area contributed by atoms with Gasteiger partial charge < -0.3 is 14.8 Å². The zero-order chi connectivity index (χ0) is 22.5. The summed E-state index contributed by atoms with van der Waals surface area (Å²) in [4.78, 5) is 29.1. The predicted octanol–water partition coefficient (Wildman–Crippen LogP) is 4.50. The maximum atomic E-state index is 12.4. The number of nitrogens with one attached hydrogen (secondary N) is 1. The molecule has 0 aliphatic rings. The molecule has 0 saturated heterocycles. The van der Waals surface area contributed by atoms with E-state index in [1.807, 2.05) is 41.8 Å². The number of fused-ring (bicyclic) bond motifs is 1. The van der Waals surface area contributed by atoms with E-state index in [4.69, 9.17) is 14.5 Å². The Balaban J connectivity index is 1.68. The lowest BCUT2D eigenvalue weighted by atomic mass is 10.1. The Morgan fingerprint density at radius 2 is 1.84 bits per heavy atom. The van der Waals surface area contributed by atoms with E-state index in [1.54, 1.807) is 49.4 Å². The Hall–Kier alpha value is -4.13. The van der Waals surface area contributed by atoms with Crippen LogP contribution in [0.15, 0.2) is 72.9 Å². The minimum absolute atomic E-state index is 0.00522. The van der Waals surface area contributed by atoms with Crippen molar-refractivity contribution in [3.05, 3.63) is 84.1 Å². The number of benzene rings is 2. The van der Waals surface area contributed by atoms with Crippen LogP contribution in [0.5, 0.6) is 5.75 Å². The molecule has 162 valence electrons. The highest BCUT2D eigenvalue weighted by Crippen LogP contribution is 2.31. The number of hydrogen-bond acceptors (Lipinski definition) is 6. The molecule has 0 aliphatic carbocycles. The van der Waals surface area contributed by atoms with Gasteiger partial charge in [0, 0.05) is 11.8 Å². The lowest BCUT2D eigenvalue weighted by Crippen LogP contribution is -2.18. The normalized spacial score (nSPS) is 10.7. The molecule has 0 fully saturated rings. The van der Waals surface area contributed by atoms with Crippen LogP contribution in [0.3, 0.4) is 0 Å². The van der Waals surface area contributed by atoms with Crippen molar-refractivity contribution in [1.29, 1.82) is 0 Å². The molecule has 0 spiro atoms. The summed E-state index contributed by atoms with van der Waals surface area (Å²) in [6.07, 6.45) is 1.94. The third-order valence-corrected chi connectivity index (χ3v) is 4.80. The standard InChI is InChI=1S/C25H23N3O4/c1-3-31-22(29)15-26-24-23(27-21-13-12-17(2)16-28(21)24)19-10-7-11-20(14-19)32-25(30)18-8-5-4-6-9-18/h4-14,16,26H,3,15H2,1-2H3. The Kier molecular flexibility index (Phi) is 6.17. The summed E-state index contributed by atoms with van der Waals surface area (Å²) in [5, 5.41) is 3.15. The molecule has 2 aromatic heterocycles. The molecule has 0 saturated carbocycles. The molecule has 32 heavy (non-hydrogen) atoms. The Morgan fingerprint density at radius 1 is 1.03 bits per heavy atom. The van der Waals surface area contributed by atoms with Crippen LogP contribution in [0.2, 0.25) is 0 Å². The van der Waals surface area contributed by atoms with Crippen molar-refractivity contribution in [2.75, 3.05) is 18.5 Å². The fourth-order valence-corrected chi connectivity index (χ4v) is 3.34. The fraction of sp³-hybridized carbons (Fsp3) is 0.160. The number of esters is 2. The summed E-state index contributed by atoms with van der Waals surface area (Å²) in [6.45, 7) is 4.07. The second-order valence-corrected chi connectivity index (χ2v) is 7.19. The van der Waals surface area contributed by atoms with Gasteiger partial charge in [-0.1, -0.05) is 36.4 Å². The van der Waals surface area contributed by atoms with Crippen molar-refractivity contribution in [2.45, 2.75) is 13.8 Å². The first-order chi connectivity index (χ1) is 15.5. The van der Waals surface area contributed by atoms with Crippen LogP contribution in [0, 0.1) is 6.92 Å². The zero-order valence-corrected chi connectivity index (χ0v) is 17.9. The van der Waals surface area contributed by atoms with Crippen LogP contribution in [-0.4, -0.2) is 34.5 Å². The summed E-state index contributed by atoms with van der Waals surface area (Å²) >= 11 is 0. The van der Waals surface area contributed by atoms with E-state index in [-0.39, 0.29) is 12.5 Å². The maximum absolute atomic E-state index is 12.4. The number of anilines is 1. The maximum Gasteiger partial charge on any atom is 0.343 e. The molecule has 0 amide bonds. The van der Waals surface area contributed by atoms with E-state index >= 15 is 0 Å². The van der Waals surface area contributed by atoms with Gasteiger partial charge in [0.05, 0.1) is 12.2 Å². The first-order valence-electron chi connectivity index (χ1n) is 10.3. The number of aryl methyl sites for hydroxylation is 1. The molecular formula is C25H23N3O4. The highest BCUT2D eigenvalue weighted by molar-refractivity contribution is 5.91. The van der Waals surface area contributed by atoms with Gasteiger partial charge in [0.2, 0.25) is 0 Å². The van der Waals surface area contributed by atoms with Gasteiger partial charge in [0.1, 0.15) is 29.5 Å². The summed E-state index contributed by atoms with van der Waals surface area (Å²) in [6, 6.07) is 19.8. The number of pyridine rings is 1. The van der Waals surface area contributed by atoms with Gasteiger partial charge in [-0.15, -0.1) is 0 Å². The Bertz CT molecular complexity index is 1260. The second kappa shape index (κ2) is 9.34. The van der Waals surface area contributed by atoms with Crippen LogP contribution < -0.4 is 10.1 Å². The molecule has 4 aromatic rings. The van der Waals surface area contributed by atoms with Crippen molar-refractivity contribution >= 4 is 23.4 Å². The molecule has 7 heteroatoms. The van der Waals surface area contributed by atoms with Gasteiger partial charge in [-0.25, -0.2) is 9.78 Å². The minimum Gasteiger partial charge on any atom is -0.465 e. The predicted molar refractivity (Wildman–Crippen MR) is 122 cm³/mol. The van der Waals surface area contributed by atoms with E-state index in [2.05, 4.69) is 5.32 Å². The number of nitrogens with zero attached hydrogens (tertiary/aromatic N) is 2. The van der Waals surface area contributed by atoms with Gasteiger partial charge in [0.25, 0.3) is 0 Å². The third kappa shape index (κ3) is 4.62. The van der Waals surface area contributed by atoms with Crippen LogP contribution in [-0.2, 0) is 9.53 Å². The second-order valence-electron chi connectivity index (χ2n) is 7.19. The van der Waals surface area contributed by atoms with Gasteiger partial charge in [-0.3, -0.25) is 9.20 Å². The summed E-state index contributed by atoms with van der Waals surface area (Å²) in [5.41, 5.74) is 3.63. The lowest BCUT2D eigenvalue weighted by molar-refractivity contribution is -0.140. The van der Waals surface area contributed by atoms with Crippen LogP contribution in [0.25, 0.3) is 16.9 Å². The topological polar surface area (TPSA) is 81.9 Å². The average molecular weight is 429 g/mol. The van der Waals surface area contributed by atoms with Crippen molar-refractivity contribution in [1.82, 2.24) is 9.38 Å². The number of carbonyl (C=O) groups is 2. The quantitative estimate of drug-likeness (QED) is 0.344. The number of imidazole rings is 1. The van der Waals surface area contributed by atoms with Gasteiger partial charge in [-0.2, -0.15) is 0 Å². The van der Waals surface area contributed by atoms with Gasteiger partial charge in [-0.05, 0) is 49.7 Å². The van der Waals surface area contributed by atoms with Gasteiger partial charge in [0.15, 0.2) is 0 Å². The van der Waals surface area contributed by atoms with E-state index < -0.39 is 5.97 Å². The molecule has 1 N–H and O–H groups in total. The molecule has 0 aliphatic heterocycles. The first kappa shape index (κ1) is 21.1. The van der Waals surface area contributed by atoms with Crippen molar-refractivity contribution in [3.8, 4) is 17.0 Å². The number of ether oxygens (including phenoxy) is 2. The number of aromatic nitrogens is 2. The monoisotopic (exact) mass is 429 g/mol. The number of carbonyl (C=O) groups excluding carboxylic acids is 2. The van der Waals surface area contributed by atoms with E-state index in [1.165, 1.54) is 0 Å². The van der Waals surface area contributed by atoms with E-state index in [9.17, 15) is 9.59 Å². The van der Waals surface area contributed by atoms with E-state index in [0.717, 1.165) is 16.8 Å². The molecule has 0 atom stereocenters. The molecule has 0 radical (unpaired) electrons. The summed E-state index contributed by atoms with van der Waals surface area (Å²) in [5.74, 6) is 0.268. The zero-order valence-electron chi connectivity index (χ0n) is 17.9. The summed E-state index contributed by atoms with van der Waals surface area (Å²) in [7, 11) is 0. The average Bonchev–Trinajstić information content (AvgIpc) is 3.16. The molecule has 4 rings (SSSR count). The van der Waals surface area contributed by atoms with Crippen LogP contribution in [0.4, 0.5) is 5.82 Å². The van der Waals surface area contributed by atoms with Crippen molar-refractivity contribution < 1.29 is 19.1 Å². The highest BCUT2D eigenvalue weighted by Gasteiger charge is 2.17. The van der Waals surface area contributed by atoms with Gasteiger partial charge >= 0.3 is 11.9 Å². The lowest BCUT2D eigenvalue weighted by Gasteiger charge is -2.10. The largest absolute Gasteiger partial charge is 0.465 e. The molecular weight excluding hydrogens is 406 g/mol. The summed E-state index contributed by atoms with van der Waals surface area (Å²) < 4.78 is 12.5. The first-order valence-corrected chi connectivity index (χ1v) is 10.3. The number of rotatable bonds is 7. The van der Waals surface area contributed by atoms with Crippen molar-refractivity contribution in [2.24, 2.45) is 0 Å². The smallest absolute Gasteiger partial charge is 0.343 e. The Morgan fingerprint density at radius 3 is 2.62 bits per heavy atom. The highest BCUT2D eigenvalue weighted by atomic mass is 16.5. The van der Waals surface area contributed by atoms with E-state index in [0.29, 0.717) is 29.4 Å². The minimum atomic E-state index is -0.436. The Labute approximate surface area is 185 Å². The third-order valence-electron chi connectivity index (χ3n) is 4.80. The molecule has 2 aromatic carbocycles. The van der Waals surface area contributed by atoms with Crippen LogP contribution >= 0.6 is 0 Å². The number of hydrogen-bond donors (Lipinski definition) is 1. The van der Waals surface area contributed by atoms with Crippen LogP contribution in [0.1, 0.15) is 22.8 Å². The molecule has 0 unspecified atom stereocenters. The molecule has 0 bridgehead atoms. The fourth-order valence-electron chi connectivity index (χ4n) is 3.34. The SMILES string of the molecule is CCOC(=O)CNc1c(-c2cccc(OC(=O)c3ccccc3)c2)nc2ccc(C)cn12. The van der Waals surface area contributed by atoms with Crippen molar-refractivity contribution in [3.63, 3.8) is 0 Å². The molecule has 2 heterocycles.